The average Bonchev–Trinajstić information content (AvgIpc) is 2.65. The van der Waals surface area contributed by atoms with Crippen LogP contribution in [-0.4, -0.2) is 50.7 Å². The van der Waals surface area contributed by atoms with E-state index >= 15 is 0 Å². The summed E-state index contributed by atoms with van der Waals surface area (Å²) in [5, 5.41) is 0. The highest BCUT2D eigenvalue weighted by atomic mass is 16.5. The second-order valence-electron chi connectivity index (χ2n) is 5.94. The van der Waals surface area contributed by atoms with Crippen LogP contribution in [0.3, 0.4) is 0 Å². The molecule has 1 aromatic rings. The molecule has 1 fully saturated rings. The normalized spacial score (nSPS) is 14.8. The van der Waals surface area contributed by atoms with Gasteiger partial charge in [-0.3, -0.25) is 4.79 Å². The zero-order valence-corrected chi connectivity index (χ0v) is 14.5. The van der Waals surface area contributed by atoms with E-state index in [1.165, 1.54) is 39.5 Å². The Labute approximate surface area is 142 Å². The number of benzene rings is 1. The van der Waals surface area contributed by atoms with E-state index in [-0.39, 0.29) is 12.5 Å². The number of amides is 1. The molecule has 6 heteroatoms. The molecule has 1 aliphatic rings. The lowest BCUT2D eigenvalue weighted by Gasteiger charge is -2.31. The molecule has 1 saturated carbocycles. The summed E-state index contributed by atoms with van der Waals surface area (Å²) in [6.45, 7) is -0.0546. The van der Waals surface area contributed by atoms with Crippen molar-refractivity contribution in [2.45, 2.75) is 38.1 Å². The maximum atomic E-state index is 12.3. The van der Waals surface area contributed by atoms with E-state index in [2.05, 4.69) is 4.74 Å². The first-order chi connectivity index (χ1) is 11.6. The van der Waals surface area contributed by atoms with E-state index in [0.29, 0.717) is 23.1 Å². The van der Waals surface area contributed by atoms with Crippen LogP contribution in [0.15, 0.2) is 18.2 Å². The standard InChI is InChI=1S/C18H25NO5/c1-19(14-7-5-4-6-8-14)17(20)12-24-15-10-9-13(18(21)23-3)11-16(15)22-2/h9-11,14H,4-8,12H2,1-3H3. The van der Waals surface area contributed by atoms with Crippen LogP contribution in [-0.2, 0) is 9.53 Å². The average molecular weight is 335 g/mol. The second-order valence-corrected chi connectivity index (χ2v) is 5.94. The first-order valence-corrected chi connectivity index (χ1v) is 8.21. The van der Waals surface area contributed by atoms with Crippen LogP contribution in [0.25, 0.3) is 0 Å². The van der Waals surface area contributed by atoms with Gasteiger partial charge in [-0.2, -0.15) is 0 Å². The van der Waals surface area contributed by atoms with Crippen LogP contribution in [0.5, 0.6) is 11.5 Å². The van der Waals surface area contributed by atoms with Gasteiger partial charge in [0.05, 0.1) is 19.8 Å². The smallest absolute Gasteiger partial charge is 0.337 e. The highest BCUT2D eigenvalue weighted by molar-refractivity contribution is 5.90. The van der Waals surface area contributed by atoms with E-state index in [9.17, 15) is 9.59 Å². The van der Waals surface area contributed by atoms with Crippen molar-refractivity contribution in [1.82, 2.24) is 4.90 Å². The van der Waals surface area contributed by atoms with Gasteiger partial charge in [0.25, 0.3) is 5.91 Å². The minimum Gasteiger partial charge on any atom is -0.493 e. The van der Waals surface area contributed by atoms with E-state index < -0.39 is 5.97 Å². The Kier molecular flexibility index (Phi) is 6.46. The van der Waals surface area contributed by atoms with Gasteiger partial charge in [0.2, 0.25) is 0 Å². The SMILES string of the molecule is COC(=O)c1ccc(OCC(=O)N(C)C2CCCCC2)c(OC)c1. The maximum Gasteiger partial charge on any atom is 0.337 e. The van der Waals surface area contributed by atoms with Crippen molar-refractivity contribution in [3.8, 4) is 11.5 Å². The van der Waals surface area contributed by atoms with Gasteiger partial charge in [-0.05, 0) is 31.0 Å². The zero-order chi connectivity index (χ0) is 17.5. The van der Waals surface area contributed by atoms with Gasteiger partial charge in [-0.15, -0.1) is 0 Å². The fourth-order valence-corrected chi connectivity index (χ4v) is 2.94. The van der Waals surface area contributed by atoms with Gasteiger partial charge in [-0.25, -0.2) is 4.79 Å². The fourth-order valence-electron chi connectivity index (χ4n) is 2.94. The number of ether oxygens (including phenoxy) is 3. The summed E-state index contributed by atoms with van der Waals surface area (Å²) in [5.41, 5.74) is 0.368. The Hall–Kier alpha value is -2.24. The molecular weight excluding hydrogens is 310 g/mol. The molecule has 1 aliphatic carbocycles. The maximum absolute atomic E-state index is 12.3. The van der Waals surface area contributed by atoms with Gasteiger partial charge in [0, 0.05) is 13.1 Å². The number of esters is 1. The predicted molar refractivity (Wildman–Crippen MR) is 89.5 cm³/mol. The molecule has 0 unspecified atom stereocenters. The van der Waals surface area contributed by atoms with Crippen LogP contribution in [0, 0.1) is 0 Å². The summed E-state index contributed by atoms with van der Waals surface area (Å²) in [6.07, 6.45) is 5.70. The molecule has 24 heavy (non-hydrogen) atoms. The molecule has 1 amide bonds. The molecule has 0 aliphatic heterocycles. The number of hydrogen-bond acceptors (Lipinski definition) is 5. The van der Waals surface area contributed by atoms with E-state index in [1.54, 1.807) is 17.0 Å². The highest BCUT2D eigenvalue weighted by Gasteiger charge is 2.22. The van der Waals surface area contributed by atoms with Crippen LogP contribution in [0.4, 0.5) is 0 Å². The number of rotatable bonds is 6. The summed E-state index contributed by atoms with van der Waals surface area (Å²) >= 11 is 0. The lowest BCUT2D eigenvalue weighted by Crippen LogP contribution is -2.40. The summed E-state index contributed by atoms with van der Waals surface area (Å²) < 4.78 is 15.5. The third kappa shape index (κ3) is 4.40. The van der Waals surface area contributed by atoms with Crippen molar-refractivity contribution in [3.63, 3.8) is 0 Å². The van der Waals surface area contributed by atoms with Crippen LogP contribution >= 0.6 is 0 Å². The molecule has 0 heterocycles. The van der Waals surface area contributed by atoms with Gasteiger partial charge < -0.3 is 19.1 Å². The fraction of sp³-hybridized carbons (Fsp3) is 0.556. The monoisotopic (exact) mass is 335 g/mol. The van der Waals surface area contributed by atoms with Crippen molar-refractivity contribution >= 4 is 11.9 Å². The molecule has 6 nitrogen and oxygen atoms in total. The topological polar surface area (TPSA) is 65.1 Å². The molecule has 0 saturated heterocycles. The molecule has 0 atom stereocenters. The Morgan fingerprint density at radius 3 is 2.46 bits per heavy atom. The summed E-state index contributed by atoms with van der Waals surface area (Å²) in [6, 6.07) is 5.03. The molecule has 0 radical (unpaired) electrons. The minimum absolute atomic E-state index is 0.0546. The van der Waals surface area contributed by atoms with Crippen molar-refractivity contribution in [1.29, 1.82) is 0 Å². The first-order valence-electron chi connectivity index (χ1n) is 8.21. The third-order valence-electron chi connectivity index (χ3n) is 4.45. The van der Waals surface area contributed by atoms with Gasteiger partial charge in [0.1, 0.15) is 0 Å². The molecule has 0 bridgehead atoms. The van der Waals surface area contributed by atoms with Crippen molar-refractivity contribution in [2.24, 2.45) is 0 Å². The molecule has 0 spiro atoms. The van der Waals surface area contributed by atoms with E-state index in [1.807, 2.05) is 7.05 Å². The summed E-state index contributed by atoms with van der Waals surface area (Å²) in [5.74, 6) is 0.315. The van der Waals surface area contributed by atoms with Gasteiger partial charge >= 0.3 is 5.97 Å². The largest absolute Gasteiger partial charge is 0.493 e. The van der Waals surface area contributed by atoms with E-state index in [0.717, 1.165) is 12.8 Å². The third-order valence-corrected chi connectivity index (χ3v) is 4.45. The molecule has 0 N–H and O–H groups in total. The predicted octanol–water partition coefficient (Wildman–Crippen LogP) is 2.65. The quantitative estimate of drug-likeness (QED) is 0.748. The van der Waals surface area contributed by atoms with Crippen molar-refractivity contribution in [2.75, 3.05) is 27.9 Å². The molecule has 1 aromatic carbocycles. The number of nitrogens with zero attached hydrogens (tertiary/aromatic N) is 1. The molecule has 0 aromatic heterocycles. The Bertz CT molecular complexity index is 581. The number of likely N-dealkylation sites (N-methyl/N-ethyl adjacent to an activating group) is 1. The number of carbonyl (C=O) groups excluding carboxylic acids is 2. The Balaban J connectivity index is 1.97. The van der Waals surface area contributed by atoms with Crippen molar-refractivity contribution in [3.05, 3.63) is 23.8 Å². The van der Waals surface area contributed by atoms with Gasteiger partial charge in [0.15, 0.2) is 18.1 Å². The van der Waals surface area contributed by atoms with Crippen LogP contribution in [0.2, 0.25) is 0 Å². The Morgan fingerprint density at radius 2 is 1.83 bits per heavy atom. The number of methoxy groups -OCH3 is 2. The zero-order valence-electron chi connectivity index (χ0n) is 14.5. The molecule has 2 rings (SSSR count). The first kappa shape index (κ1) is 18.1. The number of hydrogen-bond donors (Lipinski definition) is 0. The lowest BCUT2D eigenvalue weighted by molar-refractivity contribution is -0.134. The number of carbonyl (C=O) groups is 2. The molecular formula is C18H25NO5. The Morgan fingerprint density at radius 1 is 1.12 bits per heavy atom. The summed E-state index contributed by atoms with van der Waals surface area (Å²) in [7, 11) is 4.64. The minimum atomic E-state index is -0.451. The summed E-state index contributed by atoms with van der Waals surface area (Å²) in [4.78, 5) is 25.7. The molecule has 132 valence electrons. The lowest BCUT2D eigenvalue weighted by atomic mass is 9.94. The second kappa shape index (κ2) is 8.57. The van der Waals surface area contributed by atoms with E-state index in [4.69, 9.17) is 9.47 Å². The van der Waals surface area contributed by atoms with Crippen LogP contribution < -0.4 is 9.47 Å². The highest BCUT2D eigenvalue weighted by Crippen LogP contribution is 2.28. The van der Waals surface area contributed by atoms with Gasteiger partial charge in [-0.1, -0.05) is 19.3 Å². The van der Waals surface area contributed by atoms with Crippen LogP contribution in [0.1, 0.15) is 42.5 Å². The van der Waals surface area contributed by atoms with Crippen molar-refractivity contribution < 1.29 is 23.8 Å².